The third-order valence-corrected chi connectivity index (χ3v) is 3.79. The van der Waals surface area contributed by atoms with Gasteiger partial charge in [0, 0.05) is 12.6 Å². The minimum absolute atomic E-state index is 0.0308. The van der Waals surface area contributed by atoms with Crippen LogP contribution in [0.3, 0.4) is 0 Å². The molecule has 0 unspecified atom stereocenters. The fraction of sp³-hybridized carbons (Fsp3) is 0.412. The van der Waals surface area contributed by atoms with Crippen molar-refractivity contribution in [3.05, 3.63) is 29.8 Å². The van der Waals surface area contributed by atoms with E-state index >= 15 is 0 Å². The number of rotatable bonds is 8. The van der Waals surface area contributed by atoms with Crippen LogP contribution in [0.4, 0.5) is 13.6 Å². The summed E-state index contributed by atoms with van der Waals surface area (Å²) in [4.78, 5) is 49.0. The number of nitrogens with one attached hydrogen (secondary N) is 1. The van der Waals surface area contributed by atoms with Crippen molar-refractivity contribution in [2.24, 2.45) is 0 Å². The maximum absolute atomic E-state index is 12.1. The number of hydrogen-bond donors (Lipinski definition) is 1. The van der Waals surface area contributed by atoms with Crippen LogP contribution >= 0.6 is 0 Å². The van der Waals surface area contributed by atoms with Crippen LogP contribution in [-0.4, -0.2) is 59.3 Å². The second-order valence-corrected chi connectivity index (χ2v) is 6.07. The number of urea groups is 1. The van der Waals surface area contributed by atoms with Gasteiger partial charge in [-0.15, -0.1) is 0 Å². The predicted octanol–water partition coefficient (Wildman–Crippen LogP) is 1.15. The molecular formula is C17H19F2N3O5. The molecule has 1 aromatic rings. The largest absolute Gasteiger partial charge is 0.435 e. The molecule has 0 radical (unpaired) electrons. The molecule has 10 heteroatoms. The monoisotopic (exact) mass is 383 g/mol. The van der Waals surface area contributed by atoms with E-state index in [1.54, 1.807) is 26.0 Å². The van der Waals surface area contributed by atoms with Gasteiger partial charge in [0.1, 0.15) is 12.3 Å². The molecular weight excluding hydrogens is 364 g/mol. The van der Waals surface area contributed by atoms with E-state index in [4.69, 9.17) is 0 Å². The summed E-state index contributed by atoms with van der Waals surface area (Å²) >= 11 is 0. The first-order chi connectivity index (χ1) is 12.7. The number of carbonyl (C=O) groups is 4. The fourth-order valence-corrected chi connectivity index (χ4v) is 2.50. The Morgan fingerprint density at radius 2 is 1.74 bits per heavy atom. The molecule has 0 saturated carbocycles. The molecule has 1 fully saturated rings. The number of nitrogens with zero attached hydrogens (tertiary/aromatic N) is 2. The zero-order valence-corrected chi connectivity index (χ0v) is 14.8. The first-order valence-electron chi connectivity index (χ1n) is 8.20. The standard InChI is InChI=1S/C17H19F2N3O5/c1-10(2)22-15(25)14(24)21(17(22)26)9-13(23)20-8-7-11-3-5-12(6-4-11)27-16(18)19/h3-6,10,16H,7-9H2,1-2H3,(H,20,23). The summed E-state index contributed by atoms with van der Waals surface area (Å²) in [7, 11) is 0. The third kappa shape index (κ3) is 4.99. The lowest BCUT2D eigenvalue weighted by atomic mass is 10.1. The van der Waals surface area contributed by atoms with Crippen molar-refractivity contribution in [3.8, 4) is 5.75 Å². The van der Waals surface area contributed by atoms with Gasteiger partial charge >= 0.3 is 24.5 Å². The van der Waals surface area contributed by atoms with Crippen molar-refractivity contribution in [3.63, 3.8) is 0 Å². The average Bonchev–Trinajstić information content (AvgIpc) is 2.79. The van der Waals surface area contributed by atoms with Crippen LogP contribution in [0.15, 0.2) is 24.3 Å². The number of alkyl halides is 2. The molecule has 0 spiro atoms. The zero-order valence-electron chi connectivity index (χ0n) is 14.8. The van der Waals surface area contributed by atoms with Gasteiger partial charge in [-0.05, 0) is 38.0 Å². The van der Waals surface area contributed by atoms with Crippen LogP contribution in [0.2, 0.25) is 0 Å². The normalized spacial score (nSPS) is 14.5. The lowest BCUT2D eigenvalue weighted by molar-refractivity contribution is -0.144. The highest BCUT2D eigenvalue weighted by molar-refractivity contribution is 6.45. The van der Waals surface area contributed by atoms with Crippen LogP contribution < -0.4 is 10.1 Å². The Kier molecular flexibility index (Phi) is 6.43. The number of carbonyl (C=O) groups excluding carboxylic acids is 4. The Labute approximate surface area is 154 Å². The van der Waals surface area contributed by atoms with E-state index in [1.807, 2.05) is 0 Å². The van der Waals surface area contributed by atoms with Crippen molar-refractivity contribution >= 4 is 23.8 Å². The van der Waals surface area contributed by atoms with Crippen molar-refractivity contribution in [2.45, 2.75) is 32.9 Å². The van der Waals surface area contributed by atoms with Crippen LogP contribution in [0.1, 0.15) is 19.4 Å². The molecule has 1 aromatic carbocycles. The van der Waals surface area contributed by atoms with Gasteiger partial charge in [0.2, 0.25) is 5.91 Å². The Bertz CT molecular complexity index is 737. The second kappa shape index (κ2) is 8.56. The second-order valence-electron chi connectivity index (χ2n) is 6.07. The molecule has 0 aliphatic carbocycles. The number of amides is 5. The van der Waals surface area contributed by atoms with Gasteiger partial charge < -0.3 is 10.1 Å². The minimum atomic E-state index is -2.90. The quantitative estimate of drug-likeness (QED) is 0.537. The SMILES string of the molecule is CC(C)N1C(=O)C(=O)N(CC(=O)NCCc2ccc(OC(F)F)cc2)C1=O. The molecule has 1 heterocycles. The molecule has 0 aromatic heterocycles. The summed E-state index contributed by atoms with van der Waals surface area (Å²) in [5, 5.41) is 2.54. The molecule has 0 atom stereocenters. The van der Waals surface area contributed by atoms with E-state index in [0.717, 1.165) is 10.5 Å². The molecule has 1 aliphatic rings. The summed E-state index contributed by atoms with van der Waals surface area (Å²) in [6.07, 6.45) is 0.402. The molecule has 5 amide bonds. The van der Waals surface area contributed by atoms with E-state index in [1.165, 1.54) is 12.1 Å². The summed E-state index contributed by atoms with van der Waals surface area (Å²) in [6.45, 7) is -0.0708. The van der Waals surface area contributed by atoms with Crippen LogP contribution in [0.25, 0.3) is 0 Å². The molecule has 1 N–H and O–H groups in total. The number of hydrogen-bond acceptors (Lipinski definition) is 5. The summed E-state index contributed by atoms with van der Waals surface area (Å²) in [6, 6.07) is 4.63. The van der Waals surface area contributed by atoms with Gasteiger partial charge in [0.15, 0.2) is 0 Å². The van der Waals surface area contributed by atoms with Crippen molar-refractivity contribution < 1.29 is 32.7 Å². The Morgan fingerprint density at radius 3 is 2.26 bits per heavy atom. The topological polar surface area (TPSA) is 96.0 Å². The van der Waals surface area contributed by atoms with Crippen molar-refractivity contribution in [2.75, 3.05) is 13.1 Å². The van der Waals surface area contributed by atoms with Gasteiger partial charge in [0.25, 0.3) is 0 Å². The molecule has 1 aliphatic heterocycles. The average molecular weight is 383 g/mol. The summed E-state index contributed by atoms with van der Waals surface area (Å²) in [5.74, 6) is -2.54. The zero-order chi connectivity index (χ0) is 20.1. The first kappa shape index (κ1) is 20.3. The van der Waals surface area contributed by atoms with Crippen LogP contribution in [0, 0.1) is 0 Å². The maximum atomic E-state index is 12.1. The molecule has 8 nitrogen and oxygen atoms in total. The lowest BCUT2D eigenvalue weighted by Gasteiger charge is -2.18. The smallest absolute Gasteiger partial charge is 0.387 e. The maximum Gasteiger partial charge on any atom is 0.387 e. The summed E-state index contributed by atoms with van der Waals surface area (Å²) < 4.78 is 28.4. The minimum Gasteiger partial charge on any atom is -0.435 e. The third-order valence-electron chi connectivity index (χ3n) is 3.79. The lowest BCUT2D eigenvalue weighted by Crippen LogP contribution is -2.42. The van der Waals surface area contributed by atoms with Crippen LogP contribution in [0.5, 0.6) is 5.75 Å². The number of imide groups is 2. The van der Waals surface area contributed by atoms with Gasteiger partial charge in [-0.25, -0.2) is 9.69 Å². The van der Waals surface area contributed by atoms with E-state index in [-0.39, 0.29) is 12.3 Å². The number of benzene rings is 1. The van der Waals surface area contributed by atoms with Gasteiger partial charge in [-0.1, -0.05) is 12.1 Å². The highest BCUT2D eigenvalue weighted by atomic mass is 19.3. The van der Waals surface area contributed by atoms with Crippen LogP contribution in [-0.2, 0) is 20.8 Å². The van der Waals surface area contributed by atoms with Gasteiger partial charge in [-0.2, -0.15) is 8.78 Å². The van der Waals surface area contributed by atoms with Gasteiger partial charge in [-0.3, -0.25) is 19.3 Å². The Balaban J connectivity index is 1.82. The van der Waals surface area contributed by atoms with E-state index < -0.39 is 43.0 Å². The fourth-order valence-electron chi connectivity index (χ4n) is 2.50. The highest BCUT2D eigenvalue weighted by Gasteiger charge is 2.46. The van der Waals surface area contributed by atoms with E-state index in [0.29, 0.717) is 11.3 Å². The summed E-state index contributed by atoms with van der Waals surface area (Å²) in [5.41, 5.74) is 0.770. The molecule has 0 bridgehead atoms. The molecule has 27 heavy (non-hydrogen) atoms. The van der Waals surface area contributed by atoms with E-state index in [2.05, 4.69) is 10.1 Å². The van der Waals surface area contributed by atoms with E-state index in [9.17, 15) is 28.0 Å². The molecule has 2 rings (SSSR count). The van der Waals surface area contributed by atoms with Gasteiger partial charge in [0.05, 0.1) is 0 Å². The van der Waals surface area contributed by atoms with Crippen molar-refractivity contribution in [1.82, 2.24) is 15.1 Å². The Hall–Kier alpha value is -3.04. The number of ether oxygens (including phenoxy) is 1. The highest BCUT2D eigenvalue weighted by Crippen LogP contribution is 2.16. The molecule has 146 valence electrons. The van der Waals surface area contributed by atoms with Crippen molar-refractivity contribution in [1.29, 1.82) is 0 Å². The Morgan fingerprint density at radius 1 is 1.11 bits per heavy atom. The predicted molar refractivity (Wildman–Crippen MR) is 88.9 cm³/mol. The molecule has 1 saturated heterocycles. The number of halogens is 2. The first-order valence-corrected chi connectivity index (χ1v) is 8.20.